The first-order chi connectivity index (χ1) is 8.75. The number of aryl methyl sites for hydroxylation is 1. The third kappa shape index (κ3) is 3.60. The summed E-state index contributed by atoms with van der Waals surface area (Å²) in [5, 5.41) is 4.63. The third-order valence-electron chi connectivity index (χ3n) is 2.50. The SMILES string of the molecule is Cc1cccc(C=NOCc2ccccc2Cl)c1. The molecule has 0 amide bonds. The lowest BCUT2D eigenvalue weighted by molar-refractivity contribution is 0.132. The molecular weight excluding hydrogens is 246 g/mol. The van der Waals surface area contributed by atoms with Crippen molar-refractivity contribution in [1.82, 2.24) is 0 Å². The highest BCUT2D eigenvalue weighted by Crippen LogP contribution is 2.15. The van der Waals surface area contributed by atoms with Gasteiger partial charge < -0.3 is 4.84 Å². The van der Waals surface area contributed by atoms with Crippen LogP contribution in [0.5, 0.6) is 0 Å². The van der Waals surface area contributed by atoms with E-state index in [0.29, 0.717) is 11.6 Å². The van der Waals surface area contributed by atoms with Crippen molar-refractivity contribution in [3.8, 4) is 0 Å². The van der Waals surface area contributed by atoms with Crippen LogP contribution in [0.4, 0.5) is 0 Å². The molecule has 2 rings (SSSR count). The van der Waals surface area contributed by atoms with Gasteiger partial charge in [-0.2, -0.15) is 0 Å². The van der Waals surface area contributed by atoms with E-state index in [1.807, 2.05) is 55.5 Å². The monoisotopic (exact) mass is 259 g/mol. The highest BCUT2D eigenvalue weighted by atomic mass is 35.5. The third-order valence-corrected chi connectivity index (χ3v) is 2.87. The normalized spacial score (nSPS) is 10.8. The Labute approximate surface area is 112 Å². The molecule has 0 bridgehead atoms. The molecule has 3 heteroatoms. The Balaban J connectivity index is 1.91. The maximum absolute atomic E-state index is 6.01. The first-order valence-corrected chi connectivity index (χ1v) is 6.09. The van der Waals surface area contributed by atoms with Crippen LogP contribution in [0, 0.1) is 6.92 Å². The van der Waals surface area contributed by atoms with E-state index in [4.69, 9.17) is 16.4 Å². The summed E-state index contributed by atoms with van der Waals surface area (Å²) >= 11 is 6.01. The molecule has 2 aromatic carbocycles. The summed E-state index contributed by atoms with van der Waals surface area (Å²) in [6.45, 7) is 2.42. The molecule has 0 aliphatic rings. The van der Waals surface area contributed by atoms with Gasteiger partial charge in [0, 0.05) is 10.6 Å². The van der Waals surface area contributed by atoms with E-state index >= 15 is 0 Å². The van der Waals surface area contributed by atoms with Crippen LogP contribution in [-0.2, 0) is 11.4 Å². The van der Waals surface area contributed by atoms with Gasteiger partial charge in [0.25, 0.3) is 0 Å². The maximum atomic E-state index is 6.01. The first-order valence-electron chi connectivity index (χ1n) is 5.71. The van der Waals surface area contributed by atoms with E-state index in [1.165, 1.54) is 5.56 Å². The minimum Gasteiger partial charge on any atom is -0.391 e. The van der Waals surface area contributed by atoms with Crippen LogP contribution in [0.2, 0.25) is 5.02 Å². The Hall–Kier alpha value is -1.80. The predicted octanol–water partition coefficient (Wildman–Crippen LogP) is 4.20. The zero-order chi connectivity index (χ0) is 12.8. The van der Waals surface area contributed by atoms with Gasteiger partial charge in [-0.05, 0) is 18.6 Å². The standard InChI is InChI=1S/C15H14ClNO/c1-12-5-4-6-13(9-12)10-17-18-11-14-7-2-3-8-15(14)16/h2-10H,11H2,1H3. The van der Waals surface area contributed by atoms with Crippen molar-refractivity contribution in [2.24, 2.45) is 5.16 Å². The van der Waals surface area contributed by atoms with E-state index < -0.39 is 0 Å². The van der Waals surface area contributed by atoms with Crippen LogP contribution >= 0.6 is 11.6 Å². The van der Waals surface area contributed by atoms with E-state index in [9.17, 15) is 0 Å². The molecule has 0 atom stereocenters. The molecule has 18 heavy (non-hydrogen) atoms. The van der Waals surface area contributed by atoms with Crippen molar-refractivity contribution in [3.05, 3.63) is 70.2 Å². The summed E-state index contributed by atoms with van der Waals surface area (Å²) in [6, 6.07) is 15.6. The molecule has 0 radical (unpaired) electrons. The summed E-state index contributed by atoms with van der Waals surface area (Å²) in [6.07, 6.45) is 1.70. The second kappa shape index (κ2) is 6.22. The number of halogens is 1. The Bertz CT molecular complexity index is 552. The fraction of sp³-hybridized carbons (Fsp3) is 0.133. The second-order valence-corrected chi connectivity index (χ2v) is 4.42. The average molecular weight is 260 g/mol. The lowest BCUT2D eigenvalue weighted by Crippen LogP contribution is -1.89. The minimum absolute atomic E-state index is 0.377. The number of hydrogen-bond acceptors (Lipinski definition) is 2. The number of nitrogens with zero attached hydrogens (tertiary/aromatic N) is 1. The van der Waals surface area contributed by atoms with Crippen molar-refractivity contribution in [2.45, 2.75) is 13.5 Å². The van der Waals surface area contributed by atoms with Gasteiger partial charge in [-0.3, -0.25) is 0 Å². The molecule has 0 saturated carbocycles. The summed E-state index contributed by atoms with van der Waals surface area (Å²) in [4.78, 5) is 5.23. The highest BCUT2D eigenvalue weighted by molar-refractivity contribution is 6.31. The van der Waals surface area contributed by atoms with E-state index in [1.54, 1.807) is 6.21 Å². The van der Waals surface area contributed by atoms with Crippen molar-refractivity contribution in [1.29, 1.82) is 0 Å². The van der Waals surface area contributed by atoms with Crippen LogP contribution in [0.3, 0.4) is 0 Å². The van der Waals surface area contributed by atoms with Gasteiger partial charge >= 0.3 is 0 Å². The molecule has 92 valence electrons. The van der Waals surface area contributed by atoms with Crippen LogP contribution in [0.25, 0.3) is 0 Å². The molecular formula is C15H14ClNO. The number of benzene rings is 2. The summed E-state index contributed by atoms with van der Waals surface area (Å²) in [5.41, 5.74) is 3.15. The van der Waals surface area contributed by atoms with Crippen LogP contribution < -0.4 is 0 Å². The minimum atomic E-state index is 0.377. The summed E-state index contributed by atoms with van der Waals surface area (Å²) < 4.78 is 0. The first kappa shape index (κ1) is 12.7. The van der Waals surface area contributed by atoms with Gasteiger partial charge in [-0.15, -0.1) is 0 Å². The second-order valence-electron chi connectivity index (χ2n) is 4.01. The molecule has 2 nitrogen and oxygen atoms in total. The van der Waals surface area contributed by atoms with Gasteiger partial charge in [0.05, 0.1) is 6.21 Å². The molecule has 0 heterocycles. The molecule has 0 aliphatic heterocycles. The van der Waals surface area contributed by atoms with Crippen molar-refractivity contribution < 1.29 is 4.84 Å². The lowest BCUT2D eigenvalue weighted by atomic mass is 10.2. The van der Waals surface area contributed by atoms with Crippen molar-refractivity contribution in [3.63, 3.8) is 0 Å². The topological polar surface area (TPSA) is 21.6 Å². The Morgan fingerprint density at radius 1 is 1.17 bits per heavy atom. The summed E-state index contributed by atoms with van der Waals surface area (Å²) in [5.74, 6) is 0. The van der Waals surface area contributed by atoms with Crippen LogP contribution in [-0.4, -0.2) is 6.21 Å². The molecule has 0 spiro atoms. The quantitative estimate of drug-likeness (QED) is 0.596. The van der Waals surface area contributed by atoms with Crippen LogP contribution in [0.15, 0.2) is 53.7 Å². The predicted molar refractivity (Wildman–Crippen MR) is 75.0 cm³/mol. The molecule has 0 saturated heterocycles. The van der Waals surface area contributed by atoms with E-state index in [2.05, 4.69) is 5.16 Å². The molecule has 0 aliphatic carbocycles. The Morgan fingerprint density at radius 3 is 2.78 bits per heavy atom. The Kier molecular flexibility index (Phi) is 4.37. The molecule has 0 fully saturated rings. The largest absolute Gasteiger partial charge is 0.391 e. The van der Waals surface area contributed by atoms with Crippen LogP contribution in [0.1, 0.15) is 16.7 Å². The molecule has 2 aromatic rings. The van der Waals surface area contributed by atoms with Gasteiger partial charge in [0.1, 0.15) is 6.61 Å². The lowest BCUT2D eigenvalue weighted by Gasteiger charge is -2.01. The van der Waals surface area contributed by atoms with Gasteiger partial charge in [0.15, 0.2) is 0 Å². The van der Waals surface area contributed by atoms with Gasteiger partial charge in [0.2, 0.25) is 0 Å². The average Bonchev–Trinajstić information content (AvgIpc) is 2.37. The number of hydrogen-bond donors (Lipinski definition) is 0. The highest BCUT2D eigenvalue weighted by Gasteiger charge is 1.97. The smallest absolute Gasteiger partial charge is 0.143 e. The molecule has 0 N–H and O–H groups in total. The number of rotatable bonds is 4. The zero-order valence-corrected chi connectivity index (χ0v) is 10.9. The Morgan fingerprint density at radius 2 is 2.00 bits per heavy atom. The molecule has 0 aromatic heterocycles. The fourth-order valence-corrected chi connectivity index (χ4v) is 1.76. The summed E-state index contributed by atoms with van der Waals surface area (Å²) in [7, 11) is 0. The van der Waals surface area contributed by atoms with Gasteiger partial charge in [-0.25, -0.2) is 0 Å². The zero-order valence-electron chi connectivity index (χ0n) is 10.1. The van der Waals surface area contributed by atoms with Crippen molar-refractivity contribution in [2.75, 3.05) is 0 Å². The maximum Gasteiger partial charge on any atom is 0.143 e. The fourth-order valence-electron chi connectivity index (χ4n) is 1.57. The molecule has 0 unspecified atom stereocenters. The number of oxime groups is 1. The van der Waals surface area contributed by atoms with Crippen molar-refractivity contribution >= 4 is 17.8 Å². The van der Waals surface area contributed by atoms with E-state index in [0.717, 1.165) is 11.1 Å². The van der Waals surface area contributed by atoms with E-state index in [-0.39, 0.29) is 0 Å². The van der Waals surface area contributed by atoms with Gasteiger partial charge in [-0.1, -0.05) is 64.8 Å².